The molecule has 154 valence electrons. The first-order valence-corrected chi connectivity index (χ1v) is 9.56. The van der Waals surface area contributed by atoms with E-state index in [2.05, 4.69) is 5.32 Å². The molecule has 0 atom stereocenters. The Morgan fingerprint density at radius 3 is 2.37 bits per heavy atom. The van der Waals surface area contributed by atoms with E-state index in [0.29, 0.717) is 45.6 Å². The molecule has 0 bridgehead atoms. The van der Waals surface area contributed by atoms with Crippen LogP contribution in [0.15, 0.2) is 48.5 Å². The molecule has 0 aromatic heterocycles. The van der Waals surface area contributed by atoms with Crippen LogP contribution in [0.25, 0.3) is 11.1 Å². The minimum Gasteiger partial charge on any atom is -0.398 e. The number of nitrogens with two attached hydrogens (primary N) is 1. The second-order valence-corrected chi connectivity index (χ2v) is 7.13. The number of carbonyl (C=O) groups excluding carboxylic acids is 1. The molecule has 3 aromatic carbocycles. The van der Waals surface area contributed by atoms with Gasteiger partial charge in [-0.05, 0) is 79.4 Å². The molecule has 6 heteroatoms. The van der Waals surface area contributed by atoms with Crippen molar-refractivity contribution in [3.63, 3.8) is 0 Å². The van der Waals surface area contributed by atoms with Gasteiger partial charge in [0.25, 0.3) is 5.91 Å². The quantitative estimate of drug-likeness (QED) is 0.411. The van der Waals surface area contributed by atoms with Gasteiger partial charge >= 0.3 is 0 Å². The Morgan fingerprint density at radius 1 is 1.03 bits per heavy atom. The Hall–Kier alpha value is -3.54. The lowest BCUT2D eigenvalue weighted by Gasteiger charge is -2.14. The number of anilines is 1. The Morgan fingerprint density at radius 2 is 1.73 bits per heavy atom. The predicted octanol–water partition coefficient (Wildman–Crippen LogP) is 5.00. The normalized spacial score (nSPS) is 10.7. The molecule has 0 aliphatic rings. The fraction of sp³-hybridized carbons (Fsp3) is 0.167. The molecule has 4 N–H and O–H groups in total. The molecule has 4 nitrogen and oxygen atoms in total. The standard InChI is InChI=1S/C24H23F2N3O/c1-4-29-24(30)16-10-20(14(3)21(26)11-16)15-5-7-19(22(27)12-15)23(28)18-8-6-17(25)9-13(18)2/h5-12,28H,4,27H2,1-3H3,(H,29,30). The zero-order valence-electron chi connectivity index (χ0n) is 17.1. The van der Waals surface area contributed by atoms with E-state index in [4.69, 9.17) is 11.1 Å². The predicted molar refractivity (Wildman–Crippen MR) is 116 cm³/mol. The molecule has 0 fully saturated rings. The van der Waals surface area contributed by atoms with Gasteiger partial charge in [0.1, 0.15) is 11.6 Å². The van der Waals surface area contributed by atoms with Crippen LogP contribution < -0.4 is 11.1 Å². The number of benzene rings is 3. The summed E-state index contributed by atoms with van der Waals surface area (Å²) in [4.78, 5) is 12.2. The third kappa shape index (κ3) is 4.08. The third-order valence-corrected chi connectivity index (χ3v) is 5.03. The van der Waals surface area contributed by atoms with E-state index < -0.39 is 5.82 Å². The second-order valence-electron chi connectivity index (χ2n) is 7.13. The molecule has 0 radical (unpaired) electrons. The van der Waals surface area contributed by atoms with E-state index in [1.807, 2.05) is 0 Å². The highest BCUT2D eigenvalue weighted by Crippen LogP contribution is 2.30. The minimum absolute atomic E-state index is 0.176. The zero-order chi connectivity index (χ0) is 22.0. The number of hydrogen-bond acceptors (Lipinski definition) is 3. The summed E-state index contributed by atoms with van der Waals surface area (Å²) in [6.07, 6.45) is 0. The van der Waals surface area contributed by atoms with Crippen molar-refractivity contribution in [2.24, 2.45) is 0 Å². The Bertz CT molecular complexity index is 1160. The van der Waals surface area contributed by atoms with Crippen LogP contribution in [0.4, 0.5) is 14.5 Å². The fourth-order valence-electron chi connectivity index (χ4n) is 3.38. The number of aryl methyl sites for hydroxylation is 1. The van der Waals surface area contributed by atoms with Crippen LogP contribution in [0.5, 0.6) is 0 Å². The summed E-state index contributed by atoms with van der Waals surface area (Å²) in [6, 6.07) is 12.2. The van der Waals surface area contributed by atoms with E-state index in [1.165, 1.54) is 18.2 Å². The number of amides is 1. The van der Waals surface area contributed by atoms with Gasteiger partial charge in [-0.3, -0.25) is 10.2 Å². The Labute approximate surface area is 174 Å². The van der Waals surface area contributed by atoms with Crippen molar-refractivity contribution >= 4 is 17.3 Å². The van der Waals surface area contributed by atoms with Gasteiger partial charge in [0.15, 0.2) is 0 Å². The molecule has 0 spiro atoms. The molecule has 0 heterocycles. The van der Waals surface area contributed by atoms with Crippen molar-refractivity contribution in [1.82, 2.24) is 5.32 Å². The molecule has 0 aliphatic heterocycles. The molecule has 30 heavy (non-hydrogen) atoms. The molecule has 3 aromatic rings. The second kappa shape index (κ2) is 8.45. The van der Waals surface area contributed by atoms with Crippen LogP contribution in [0.2, 0.25) is 0 Å². The van der Waals surface area contributed by atoms with Gasteiger partial charge in [0, 0.05) is 28.9 Å². The van der Waals surface area contributed by atoms with Crippen molar-refractivity contribution in [2.45, 2.75) is 20.8 Å². The molecule has 0 unspecified atom stereocenters. The summed E-state index contributed by atoms with van der Waals surface area (Å²) in [5.74, 6) is -1.20. The number of carbonyl (C=O) groups is 1. The monoisotopic (exact) mass is 407 g/mol. The smallest absolute Gasteiger partial charge is 0.251 e. The summed E-state index contributed by atoms with van der Waals surface area (Å²) in [5.41, 5.74) is 10.3. The largest absolute Gasteiger partial charge is 0.398 e. The van der Waals surface area contributed by atoms with Crippen LogP contribution in [-0.4, -0.2) is 18.2 Å². The first-order valence-electron chi connectivity index (χ1n) is 9.56. The topological polar surface area (TPSA) is 79.0 Å². The Kier molecular flexibility index (Phi) is 5.96. The molecular weight excluding hydrogens is 384 g/mol. The number of hydrogen-bond donors (Lipinski definition) is 3. The van der Waals surface area contributed by atoms with Crippen LogP contribution in [-0.2, 0) is 0 Å². The summed E-state index contributed by atoms with van der Waals surface area (Å²) in [5, 5.41) is 11.2. The lowest BCUT2D eigenvalue weighted by atomic mass is 9.92. The first-order chi connectivity index (χ1) is 14.2. The van der Waals surface area contributed by atoms with Gasteiger partial charge in [-0.2, -0.15) is 0 Å². The van der Waals surface area contributed by atoms with E-state index in [9.17, 15) is 13.6 Å². The van der Waals surface area contributed by atoms with Gasteiger partial charge in [-0.1, -0.05) is 12.1 Å². The number of nitrogen functional groups attached to an aromatic ring is 1. The van der Waals surface area contributed by atoms with Crippen molar-refractivity contribution in [1.29, 1.82) is 5.41 Å². The lowest BCUT2D eigenvalue weighted by molar-refractivity contribution is 0.0955. The summed E-state index contributed by atoms with van der Waals surface area (Å²) in [6.45, 7) is 5.60. The summed E-state index contributed by atoms with van der Waals surface area (Å²) >= 11 is 0. The van der Waals surface area contributed by atoms with Crippen LogP contribution in [0.3, 0.4) is 0 Å². The van der Waals surface area contributed by atoms with Gasteiger partial charge < -0.3 is 11.1 Å². The average Bonchev–Trinajstić information content (AvgIpc) is 2.69. The van der Waals surface area contributed by atoms with E-state index >= 15 is 0 Å². The van der Waals surface area contributed by atoms with E-state index in [-0.39, 0.29) is 23.0 Å². The third-order valence-electron chi connectivity index (χ3n) is 5.03. The number of rotatable bonds is 5. The molecule has 3 rings (SSSR count). The highest BCUT2D eigenvalue weighted by Gasteiger charge is 2.16. The zero-order valence-corrected chi connectivity index (χ0v) is 17.1. The van der Waals surface area contributed by atoms with Crippen LogP contribution >= 0.6 is 0 Å². The maximum absolute atomic E-state index is 14.5. The van der Waals surface area contributed by atoms with E-state index in [1.54, 1.807) is 51.1 Å². The van der Waals surface area contributed by atoms with Crippen LogP contribution in [0, 0.1) is 30.9 Å². The van der Waals surface area contributed by atoms with Crippen molar-refractivity contribution in [3.05, 3.63) is 88.0 Å². The molecule has 0 aliphatic carbocycles. The molecule has 1 amide bonds. The van der Waals surface area contributed by atoms with Crippen molar-refractivity contribution in [2.75, 3.05) is 12.3 Å². The Balaban J connectivity index is 2.03. The average molecular weight is 407 g/mol. The lowest BCUT2D eigenvalue weighted by Crippen LogP contribution is -2.23. The summed E-state index contributed by atoms with van der Waals surface area (Å²) in [7, 11) is 0. The highest BCUT2D eigenvalue weighted by atomic mass is 19.1. The van der Waals surface area contributed by atoms with Gasteiger partial charge in [-0.25, -0.2) is 8.78 Å². The van der Waals surface area contributed by atoms with Gasteiger partial charge in [-0.15, -0.1) is 0 Å². The van der Waals surface area contributed by atoms with Crippen molar-refractivity contribution in [3.8, 4) is 11.1 Å². The SMILES string of the molecule is CCNC(=O)c1cc(F)c(C)c(-c2ccc(C(=N)c3ccc(F)cc3C)c(N)c2)c1. The molecule has 0 saturated heterocycles. The highest BCUT2D eigenvalue weighted by molar-refractivity contribution is 6.14. The molecular formula is C24H23F2N3O. The van der Waals surface area contributed by atoms with Crippen molar-refractivity contribution < 1.29 is 13.6 Å². The maximum Gasteiger partial charge on any atom is 0.251 e. The van der Waals surface area contributed by atoms with Crippen LogP contribution in [0.1, 0.15) is 39.5 Å². The minimum atomic E-state index is -0.480. The number of nitrogens with one attached hydrogen (secondary N) is 2. The van der Waals surface area contributed by atoms with E-state index in [0.717, 1.165) is 0 Å². The van der Waals surface area contributed by atoms with Gasteiger partial charge in [0.05, 0.1) is 5.71 Å². The maximum atomic E-state index is 14.5. The fourth-order valence-corrected chi connectivity index (χ4v) is 3.38. The first kappa shape index (κ1) is 21.2. The molecule has 0 saturated carbocycles. The number of halogens is 2. The van der Waals surface area contributed by atoms with Gasteiger partial charge in [0.2, 0.25) is 0 Å². The summed E-state index contributed by atoms with van der Waals surface area (Å²) < 4.78 is 27.8.